The number of para-hydroxylation sites is 2. The Kier molecular flexibility index (Phi) is 7.44. The maximum atomic E-state index is 12.5. The van der Waals surface area contributed by atoms with Crippen LogP contribution in [0.1, 0.15) is 50.0 Å². The highest BCUT2D eigenvalue weighted by atomic mass is 16.6. The fourth-order valence-corrected chi connectivity index (χ4v) is 2.36. The summed E-state index contributed by atoms with van der Waals surface area (Å²) in [5.74, 6) is 0.426. The number of rotatable bonds is 7. The number of carbonyl (C=O) groups excluding carboxylic acids is 2. The summed E-state index contributed by atoms with van der Waals surface area (Å²) in [5.41, 5.74) is 1.49. The van der Waals surface area contributed by atoms with Gasteiger partial charge in [0.2, 0.25) is 0 Å². The molecule has 6 nitrogen and oxygen atoms in total. The summed E-state index contributed by atoms with van der Waals surface area (Å²) in [5, 5.41) is 5.57. The number of hydrogen-bond acceptors (Lipinski definition) is 4. The average molecular weight is 384 g/mol. The summed E-state index contributed by atoms with van der Waals surface area (Å²) in [4.78, 5) is 24.2. The van der Waals surface area contributed by atoms with Gasteiger partial charge in [-0.2, -0.15) is 0 Å². The molecule has 150 valence electrons. The monoisotopic (exact) mass is 384 g/mol. The average Bonchev–Trinajstić information content (AvgIpc) is 2.64. The van der Waals surface area contributed by atoms with Gasteiger partial charge in [-0.3, -0.25) is 4.79 Å². The number of carbonyl (C=O) groups is 2. The van der Waals surface area contributed by atoms with Crippen molar-refractivity contribution in [2.24, 2.45) is 0 Å². The lowest BCUT2D eigenvalue weighted by molar-refractivity contribution is 0.0523. The van der Waals surface area contributed by atoms with Crippen LogP contribution in [0.3, 0.4) is 0 Å². The molecule has 0 aliphatic carbocycles. The van der Waals surface area contributed by atoms with Crippen LogP contribution < -0.4 is 15.4 Å². The molecule has 0 aliphatic rings. The van der Waals surface area contributed by atoms with Gasteiger partial charge in [-0.05, 0) is 57.0 Å². The zero-order chi connectivity index (χ0) is 20.6. The maximum absolute atomic E-state index is 12.5. The van der Waals surface area contributed by atoms with Crippen molar-refractivity contribution in [2.75, 3.05) is 11.9 Å². The Hall–Kier alpha value is -3.02. The minimum absolute atomic E-state index is 0.223. The Morgan fingerprint density at radius 2 is 1.68 bits per heavy atom. The Balaban J connectivity index is 1.94. The predicted molar refractivity (Wildman–Crippen MR) is 110 cm³/mol. The fourth-order valence-electron chi connectivity index (χ4n) is 2.36. The van der Waals surface area contributed by atoms with E-state index in [4.69, 9.17) is 9.47 Å². The smallest absolute Gasteiger partial charge is 0.407 e. The molecule has 0 spiro atoms. The van der Waals surface area contributed by atoms with Crippen molar-refractivity contribution in [3.05, 3.63) is 59.7 Å². The Morgan fingerprint density at radius 1 is 1.00 bits per heavy atom. The Labute approximate surface area is 166 Å². The highest BCUT2D eigenvalue weighted by Crippen LogP contribution is 2.24. The first-order valence-corrected chi connectivity index (χ1v) is 9.37. The molecule has 0 aromatic heterocycles. The maximum Gasteiger partial charge on any atom is 0.407 e. The second-order valence-electron chi connectivity index (χ2n) is 7.35. The summed E-state index contributed by atoms with van der Waals surface area (Å²) < 4.78 is 10.9. The van der Waals surface area contributed by atoms with Gasteiger partial charge in [-0.1, -0.05) is 31.2 Å². The van der Waals surface area contributed by atoms with Crippen LogP contribution in [-0.2, 0) is 11.3 Å². The number of anilines is 1. The van der Waals surface area contributed by atoms with Crippen molar-refractivity contribution in [1.29, 1.82) is 0 Å². The van der Waals surface area contributed by atoms with E-state index in [1.807, 2.05) is 52.0 Å². The third kappa shape index (κ3) is 6.95. The van der Waals surface area contributed by atoms with E-state index in [1.54, 1.807) is 24.3 Å². The van der Waals surface area contributed by atoms with Crippen molar-refractivity contribution in [1.82, 2.24) is 5.32 Å². The van der Waals surface area contributed by atoms with Gasteiger partial charge in [-0.15, -0.1) is 0 Å². The SMILES string of the molecule is CCCOc1ccccc1NC(=O)c1ccc(CNC(=O)OC(C)(C)C)cc1. The van der Waals surface area contributed by atoms with Gasteiger partial charge in [0.05, 0.1) is 12.3 Å². The summed E-state index contributed by atoms with van der Waals surface area (Å²) in [7, 11) is 0. The molecule has 2 N–H and O–H groups in total. The van der Waals surface area contributed by atoms with Crippen LogP contribution in [0, 0.1) is 0 Å². The van der Waals surface area contributed by atoms with Crippen molar-refractivity contribution < 1.29 is 19.1 Å². The van der Waals surface area contributed by atoms with E-state index < -0.39 is 11.7 Å². The second kappa shape index (κ2) is 9.78. The molecular formula is C22H28N2O4. The highest BCUT2D eigenvalue weighted by molar-refractivity contribution is 6.05. The van der Waals surface area contributed by atoms with Crippen molar-refractivity contribution >= 4 is 17.7 Å². The first kappa shape index (κ1) is 21.3. The van der Waals surface area contributed by atoms with Crippen molar-refractivity contribution in [2.45, 2.75) is 46.3 Å². The van der Waals surface area contributed by atoms with E-state index >= 15 is 0 Å². The first-order valence-electron chi connectivity index (χ1n) is 9.37. The number of alkyl carbamates (subject to hydrolysis) is 1. The topological polar surface area (TPSA) is 76.7 Å². The van der Waals surface area contributed by atoms with Gasteiger partial charge < -0.3 is 20.1 Å². The van der Waals surface area contributed by atoms with Gasteiger partial charge in [0, 0.05) is 12.1 Å². The lowest BCUT2D eigenvalue weighted by atomic mass is 10.1. The normalized spacial score (nSPS) is 10.9. The van der Waals surface area contributed by atoms with Gasteiger partial charge in [0.1, 0.15) is 11.4 Å². The number of benzene rings is 2. The van der Waals surface area contributed by atoms with Crippen molar-refractivity contribution in [3.63, 3.8) is 0 Å². The van der Waals surface area contributed by atoms with Gasteiger partial charge in [0.25, 0.3) is 5.91 Å². The van der Waals surface area contributed by atoms with E-state index in [2.05, 4.69) is 10.6 Å². The molecule has 0 saturated heterocycles. The quantitative estimate of drug-likeness (QED) is 0.722. The molecule has 2 amide bonds. The van der Waals surface area contributed by atoms with Crippen molar-refractivity contribution in [3.8, 4) is 5.75 Å². The van der Waals surface area contributed by atoms with E-state index in [9.17, 15) is 9.59 Å². The molecule has 0 aliphatic heterocycles. The van der Waals surface area contributed by atoms with E-state index in [-0.39, 0.29) is 5.91 Å². The summed E-state index contributed by atoms with van der Waals surface area (Å²) in [6, 6.07) is 14.4. The van der Waals surface area contributed by atoms with E-state index in [0.29, 0.717) is 30.2 Å². The van der Waals surface area contributed by atoms with Crippen LogP contribution in [0.15, 0.2) is 48.5 Å². The van der Waals surface area contributed by atoms with E-state index in [0.717, 1.165) is 12.0 Å². The molecule has 0 atom stereocenters. The van der Waals surface area contributed by atoms with Crippen LogP contribution in [0.5, 0.6) is 5.75 Å². The third-order valence-electron chi connectivity index (χ3n) is 3.65. The van der Waals surface area contributed by atoms with Gasteiger partial charge >= 0.3 is 6.09 Å². The predicted octanol–water partition coefficient (Wildman–Crippen LogP) is 4.75. The first-order chi connectivity index (χ1) is 13.3. The molecule has 2 aromatic carbocycles. The molecule has 0 unspecified atom stereocenters. The van der Waals surface area contributed by atoms with Crippen LogP contribution >= 0.6 is 0 Å². The third-order valence-corrected chi connectivity index (χ3v) is 3.65. The molecule has 2 rings (SSSR count). The summed E-state index contributed by atoms with van der Waals surface area (Å²) >= 11 is 0. The Morgan fingerprint density at radius 3 is 2.32 bits per heavy atom. The summed E-state index contributed by atoms with van der Waals surface area (Å²) in [6.07, 6.45) is 0.416. The second-order valence-corrected chi connectivity index (χ2v) is 7.35. The number of ether oxygens (including phenoxy) is 2. The van der Waals surface area contributed by atoms with Crippen LogP contribution in [0.4, 0.5) is 10.5 Å². The molecule has 0 radical (unpaired) electrons. The minimum Gasteiger partial charge on any atom is -0.491 e. The molecule has 0 heterocycles. The largest absolute Gasteiger partial charge is 0.491 e. The molecular weight excluding hydrogens is 356 g/mol. The Bertz CT molecular complexity index is 795. The molecule has 28 heavy (non-hydrogen) atoms. The number of hydrogen-bond donors (Lipinski definition) is 2. The lowest BCUT2D eigenvalue weighted by Gasteiger charge is -2.19. The van der Waals surface area contributed by atoms with Crippen LogP contribution in [-0.4, -0.2) is 24.2 Å². The van der Waals surface area contributed by atoms with Crippen LogP contribution in [0.2, 0.25) is 0 Å². The fraction of sp³-hybridized carbons (Fsp3) is 0.364. The molecule has 0 fully saturated rings. The molecule has 0 saturated carbocycles. The molecule has 6 heteroatoms. The van der Waals surface area contributed by atoms with Crippen LogP contribution in [0.25, 0.3) is 0 Å². The number of nitrogens with one attached hydrogen (secondary N) is 2. The molecule has 2 aromatic rings. The summed E-state index contributed by atoms with van der Waals surface area (Å²) in [6.45, 7) is 8.37. The zero-order valence-corrected chi connectivity index (χ0v) is 16.9. The lowest BCUT2D eigenvalue weighted by Crippen LogP contribution is -2.32. The molecule has 0 bridgehead atoms. The minimum atomic E-state index is -0.539. The zero-order valence-electron chi connectivity index (χ0n) is 16.9. The van der Waals surface area contributed by atoms with Gasteiger partial charge in [0.15, 0.2) is 0 Å². The van der Waals surface area contributed by atoms with Gasteiger partial charge in [-0.25, -0.2) is 4.79 Å². The number of amides is 2. The standard InChI is InChI=1S/C22H28N2O4/c1-5-14-27-19-9-7-6-8-18(19)24-20(25)17-12-10-16(11-13-17)15-23-21(26)28-22(2,3)4/h6-13H,5,14-15H2,1-4H3,(H,23,26)(H,24,25). The van der Waals surface area contributed by atoms with E-state index in [1.165, 1.54) is 0 Å². The highest BCUT2D eigenvalue weighted by Gasteiger charge is 2.16.